The first-order valence-electron chi connectivity index (χ1n) is 8.55. The molecule has 2 amide bonds. The van der Waals surface area contributed by atoms with Gasteiger partial charge in [-0.1, -0.05) is 0 Å². The maximum absolute atomic E-state index is 12.0. The number of likely N-dealkylation sites (tertiary alicyclic amines) is 1. The van der Waals surface area contributed by atoms with Gasteiger partial charge in [0.2, 0.25) is 0 Å². The second-order valence-corrected chi connectivity index (χ2v) is 8.07. The number of aryl methyl sites for hydroxylation is 1. The number of nitrogens with zero attached hydrogens (tertiary/aromatic N) is 3. The second kappa shape index (κ2) is 5.89. The van der Waals surface area contributed by atoms with Gasteiger partial charge in [-0.2, -0.15) is 0 Å². The topological polar surface area (TPSA) is 74.8 Å². The predicted molar refractivity (Wildman–Crippen MR) is 94.8 cm³/mol. The standard InChI is InChI=1S/C18H26N4O3/c1-12-14(7-6-13(20-12)15(23)19-5)21-8-18(9-21)10-22(11-18)16(24)25-17(2,3)4/h6-7H,8-11H2,1-5H3,(H,19,23). The predicted octanol–water partition coefficient (Wildman–Crippen LogP) is 1.81. The van der Waals surface area contributed by atoms with Crippen LogP contribution in [0.2, 0.25) is 0 Å². The fourth-order valence-electron chi connectivity index (χ4n) is 3.50. The molecule has 0 atom stereocenters. The van der Waals surface area contributed by atoms with E-state index in [2.05, 4.69) is 15.2 Å². The van der Waals surface area contributed by atoms with Crippen molar-refractivity contribution in [1.82, 2.24) is 15.2 Å². The quantitative estimate of drug-likeness (QED) is 0.884. The van der Waals surface area contributed by atoms with Gasteiger partial charge in [-0.15, -0.1) is 0 Å². The number of rotatable bonds is 2. The van der Waals surface area contributed by atoms with E-state index in [1.807, 2.05) is 33.8 Å². The zero-order chi connectivity index (χ0) is 18.4. The van der Waals surface area contributed by atoms with Crippen LogP contribution in [0.25, 0.3) is 0 Å². The molecule has 0 radical (unpaired) electrons. The van der Waals surface area contributed by atoms with Crippen molar-refractivity contribution in [3.8, 4) is 0 Å². The van der Waals surface area contributed by atoms with Crippen molar-refractivity contribution < 1.29 is 14.3 Å². The summed E-state index contributed by atoms with van der Waals surface area (Å²) in [5.74, 6) is -0.179. The first-order chi connectivity index (χ1) is 11.6. The highest BCUT2D eigenvalue weighted by Crippen LogP contribution is 2.42. The smallest absolute Gasteiger partial charge is 0.410 e. The monoisotopic (exact) mass is 346 g/mol. The Morgan fingerprint density at radius 1 is 1.20 bits per heavy atom. The van der Waals surface area contributed by atoms with Gasteiger partial charge in [0.25, 0.3) is 5.91 Å². The summed E-state index contributed by atoms with van der Waals surface area (Å²) < 4.78 is 5.41. The molecular weight excluding hydrogens is 320 g/mol. The van der Waals surface area contributed by atoms with E-state index in [4.69, 9.17) is 4.74 Å². The molecule has 0 saturated carbocycles. The number of carbonyl (C=O) groups excluding carboxylic acids is 2. The number of carbonyl (C=O) groups is 2. The molecule has 1 N–H and O–H groups in total. The number of aromatic nitrogens is 1. The molecule has 7 nitrogen and oxygen atoms in total. The van der Waals surface area contributed by atoms with Crippen LogP contribution in [0.1, 0.15) is 37.0 Å². The van der Waals surface area contributed by atoms with Crippen molar-refractivity contribution in [2.24, 2.45) is 5.41 Å². The van der Waals surface area contributed by atoms with E-state index < -0.39 is 5.60 Å². The van der Waals surface area contributed by atoms with Crippen molar-refractivity contribution in [3.05, 3.63) is 23.5 Å². The maximum Gasteiger partial charge on any atom is 0.410 e. The first-order valence-corrected chi connectivity index (χ1v) is 8.55. The molecule has 0 aliphatic carbocycles. The summed E-state index contributed by atoms with van der Waals surface area (Å²) in [6, 6.07) is 3.70. The second-order valence-electron chi connectivity index (χ2n) is 8.07. The van der Waals surface area contributed by atoms with Crippen molar-refractivity contribution in [2.75, 3.05) is 38.1 Å². The van der Waals surface area contributed by atoms with Gasteiger partial charge < -0.3 is 19.9 Å². The third-order valence-electron chi connectivity index (χ3n) is 4.62. The molecule has 7 heteroatoms. The van der Waals surface area contributed by atoms with Gasteiger partial charge in [0.15, 0.2) is 0 Å². The Morgan fingerprint density at radius 2 is 1.84 bits per heavy atom. The summed E-state index contributed by atoms with van der Waals surface area (Å²) in [5.41, 5.74) is 2.04. The molecule has 1 aromatic heterocycles. The molecule has 3 rings (SSSR count). The minimum Gasteiger partial charge on any atom is -0.444 e. The van der Waals surface area contributed by atoms with Crippen LogP contribution in [0.5, 0.6) is 0 Å². The molecule has 0 aromatic carbocycles. The lowest BCUT2D eigenvalue weighted by molar-refractivity contribution is -0.0453. The zero-order valence-electron chi connectivity index (χ0n) is 15.5. The van der Waals surface area contributed by atoms with Crippen LogP contribution in [0.3, 0.4) is 0 Å². The number of anilines is 1. The van der Waals surface area contributed by atoms with Gasteiger partial charge in [-0.3, -0.25) is 4.79 Å². The molecule has 136 valence electrons. The number of nitrogens with one attached hydrogen (secondary N) is 1. The number of ether oxygens (including phenoxy) is 1. The Morgan fingerprint density at radius 3 is 2.36 bits per heavy atom. The number of pyridine rings is 1. The van der Waals surface area contributed by atoms with E-state index >= 15 is 0 Å². The summed E-state index contributed by atoms with van der Waals surface area (Å²) in [5, 5.41) is 2.58. The SMILES string of the molecule is CNC(=O)c1ccc(N2CC3(CN(C(=O)OC(C)(C)C)C3)C2)c(C)n1. The van der Waals surface area contributed by atoms with Gasteiger partial charge in [-0.05, 0) is 39.8 Å². The average molecular weight is 346 g/mol. The van der Waals surface area contributed by atoms with E-state index in [1.165, 1.54) is 0 Å². The molecule has 0 unspecified atom stereocenters. The Kier molecular flexibility index (Phi) is 4.13. The average Bonchev–Trinajstić information content (AvgIpc) is 2.42. The largest absolute Gasteiger partial charge is 0.444 e. The molecule has 3 heterocycles. The van der Waals surface area contributed by atoms with E-state index in [-0.39, 0.29) is 17.4 Å². The van der Waals surface area contributed by atoms with Crippen molar-refractivity contribution in [2.45, 2.75) is 33.3 Å². The maximum atomic E-state index is 12.0. The first kappa shape index (κ1) is 17.5. The van der Waals surface area contributed by atoms with Crippen molar-refractivity contribution >= 4 is 17.7 Å². The van der Waals surface area contributed by atoms with E-state index in [1.54, 1.807) is 18.0 Å². The van der Waals surface area contributed by atoms with Crippen molar-refractivity contribution in [1.29, 1.82) is 0 Å². The van der Waals surface area contributed by atoms with Gasteiger partial charge in [0.05, 0.1) is 11.4 Å². The molecule has 1 spiro atoms. The molecule has 2 aliphatic rings. The van der Waals surface area contributed by atoms with Crippen LogP contribution < -0.4 is 10.2 Å². The fourth-order valence-corrected chi connectivity index (χ4v) is 3.50. The highest BCUT2D eigenvalue weighted by atomic mass is 16.6. The van der Waals surface area contributed by atoms with Crippen LogP contribution in [-0.2, 0) is 4.74 Å². The lowest BCUT2D eigenvalue weighted by Crippen LogP contribution is -2.73. The Bertz CT molecular complexity index is 697. The Balaban J connectivity index is 1.56. The van der Waals surface area contributed by atoms with Crippen LogP contribution in [0.15, 0.2) is 12.1 Å². The molecule has 25 heavy (non-hydrogen) atoms. The molecule has 2 aliphatic heterocycles. The zero-order valence-corrected chi connectivity index (χ0v) is 15.5. The van der Waals surface area contributed by atoms with Gasteiger partial charge in [0, 0.05) is 38.6 Å². The summed E-state index contributed by atoms with van der Waals surface area (Å²) in [6.07, 6.45) is -0.232. The van der Waals surface area contributed by atoms with Crippen LogP contribution in [0.4, 0.5) is 10.5 Å². The van der Waals surface area contributed by atoms with Crippen LogP contribution >= 0.6 is 0 Å². The molecule has 2 fully saturated rings. The fraction of sp³-hybridized carbons (Fsp3) is 0.611. The Labute approximate surface area is 148 Å². The molecular formula is C18H26N4O3. The van der Waals surface area contributed by atoms with Gasteiger partial charge in [-0.25, -0.2) is 9.78 Å². The van der Waals surface area contributed by atoms with Gasteiger partial charge >= 0.3 is 6.09 Å². The van der Waals surface area contributed by atoms with Crippen LogP contribution in [-0.4, -0.2) is 60.7 Å². The summed E-state index contributed by atoms with van der Waals surface area (Å²) in [7, 11) is 1.60. The third kappa shape index (κ3) is 3.41. The van der Waals surface area contributed by atoms with E-state index in [0.29, 0.717) is 5.69 Å². The minimum absolute atomic E-state index is 0.169. The summed E-state index contributed by atoms with van der Waals surface area (Å²) in [4.78, 5) is 32.1. The van der Waals surface area contributed by atoms with Crippen molar-refractivity contribution in [3.63, 3.8) is 0 Å². The number of amides is 2. The van der Waals surface area contributed by atoms with E-state index in [9.17, 15) is 9.59 Å². The number of hydrogen-bond acceptors (Lipinski definition) is 5. The molecule has 1 aromatic rings. The lowest BCUT2D eigenvalue weighted by atomic mass is 9.72. The van der Waals surface area contributed by atoms with Crippen LogP contribution in [0, 0.1) is 12.3 Å². The summed E-state index contributed by atoms with van der Waals surface area (Å²) >= 11 is 0. The molecule has 0 bridgehead atoms. The third-order valence-corrected chi connectivity index (χ3v) is 4.62. The highest BCUT2D eigenvalue weighted by Gasteiger charge is 2.54. The van der Waals surface area contributed by atoms with E-state index in [0.717, 1.165) is 37.6 Å². The number of hydrogen-bond donors (Lipinski definition) is 1. The van der Waals surface area contributed by atoms with Gasteiger partial charge in [0.1, 0.15) is 11.3 Å². The minimum atomic E-state index is -0.458. The normalized spacial score (nSPS) is 18.4. The highest BCUT2D eigenvalue weighted by molar-refractivity contribution is 5.92. The summed E-state index contributed by atoms with van der Waals surface area (Å²) in [6.45, 7) is 10.8. The Hall–Kier alpha value is -2.31. The molecule has 2 saturated heterocycles. The lowest BCUT2D eigenvalue weighted by Gasteiger charge is -2.60.